The molecule has 1 N–H and O–H groups in total. The number of rotatable bonds is 10. The molecule has 0 saturated heterocycles. The number of nitrogens with one attached hydrogen (secondary N) is 1. The number of nitrogens with zero attached hydrogens (tertiary/aromatic N) is 2. The van der Waals surface area contributed by atoms with Crippen molar-refractivity contribution in [1.82, 2.24) is 10.2 Å². The van der Waals surface area contributed by atoms with Gasteiger partial charge in [0.1, 0.15) is 12.6 Å². The number of likely N-dealkylation sites (N-methyl/N-ethyl adjacent to an activating group) is 1. The molecule has 2 amide bonds. The van der Waals surface area contributed by atoms with Crippen LogP contribution in [0.25, 0.3) is 0 Å². The highest BCUT2D eigenvalue weighted by Gasteiger charge is 2.33. The van der Waals surface area contributed by atoms with Gasteiger partial charge in [0.25, 0.3) is 0 Å². The maximum Gasteiger partial charge on any atom is 0.416 e. The minimum absolute atomic E-state index is 0.112. The van der Waals surface area contributed by atoms with E-state index >= 15 is 0 Å². The number of sulfonamides is 1. The molecule has 0 spiro atoms. The van der Waals surface area contributed by atoms with Crippen molar-refractivity contribution in [3.8, 4) is 0 Å². The average molecular weight is 500 g/mol. The molecule has 0 bridgehead atoms. The Bertz CT molecular complexity index is 1090. The Morgan fingerprint density at radius 3 is 2.26 bits per heavy atom. The van der Waals surface area contributed by atoms with Crippen LogP contribution in [0.1, 0.15) is 25.0 Å². The molecule has 2 rings (SSSR count). The normalized spacial score (nSPS) is 12.6. The van der Waals surface area contributed by atoms with Gasteiger partial charge >= 0.3 is 6.18 Å². The smallest absolute Gasteiger partial charge is 0.355 e. The molecular weight excluding hydrogens is 471 g/mol. The van der Waals surface area contributed by atoms with Crippen LogP contribution in [0.5, 0.6) is 0 Å². The Kier molecular flexibility index (Phi) is 9.08. The van der Waals surface area contributed by atoms with E-state index in [-0.39, 0.29) is 12.2 Å². The molecule has 1 atom stereocenters. The molecule has 186 valence electrons. The van der Waals surface area contributed by atoms with E-state index in [4.69, 9.17) is 0 Å². The van der Waals surface area contributed by atoms with E-state index in [2.05, 4.69) is 5.32 Å². The molecule has 1 unspecified atom stereocenters. The summed E-state index contributed by atoms with van der Waals surface area (Å²) in [5.41, 5.74) is -0.427. The van der Waals surface area contributed by atoms with Gasteiger partial charge in [-0.3, -0.25) is 13.9 Å². The third kappa shape index (κ3) is 7.47. The van der Waals surface area contributed by atoms with E-state index in [0.717, 1.165) is 24.0 Å². The second-order valence-electron chi connectivity index (χ2n) is 7.71. The highest BCUT2D eigenvalue weighted by molar-refractivity contribution is 7.92. The maximum atomic E-state index is 13.2. The van der Waals surface area contributed by atoms with Crippen molar-refractivity contribution in [2.75, 3.05) is 30.2 Å². The van der Waals surface area contributed by atoms with E-state index in [1.807, 2.05) is 30.3 Å². The molecule has 0 aliphatic carbocycles. The van der Waals surface area contributed by atoms with Gasteiger partial charge in [0.15, 0.2) is 0 Å². The molecule has 7 nitrogen and oxygen atoms in total. The van der Waals surface area contributed by atoms with Crippen LogP contribution < -0.4 is 9.62 Å². The first-order chi connectivity index (χ1) is 15.8. The number of carbonyl (C=O) groups is 2. The van der Waals surface area contributed by atoms with Gasteiger partial charge in [-0.1, -0.05) is 36.4 Å². The molecule has 0 fully saturated rings. The first-order valence-electron chi connectivity index (χ1n) is 10.6. The number of benzene rings is 2. The predicted octanol–water partition coefficient (Wildman–Crippen LogP) is 3.07. The van der Waals surface area contributed by atoms with Crippen LogP contribution in [0.15, 0.2) is 54.6 Å². The van der Waals surface area contributed by atoms with Gasteiger partial charge in [0, 0.05) is 13.1 Å². The molecule has 34 heavy (non-hydrogen) atoms. The minimum atomic E-state index is -4.68. The van der Waals surface area contributed by atoms with Crippen LogP contribution >= 0.6 is 0 Å². The molecule has 2 aromatic rings. The van der Waals surface area contributed by atoms with Gasteiger partial charge in [0.2, 0.25) is 21.8 Å². The van der Waals surface area contributed by atoms with E-state index in [0.29, 0.717) is 23.3 Å². The van der Waals surface area contributed by atoms with Gasteiger partial charge in [-0.05, 0) is 44.0 Å². The Hall–Kier alpha value is -3.08. The summed E-state index contributed by atoms with van der Waals surface area (Å²) in [4.78, 5) is 26.9. The highest BCUT2D eigenvalue weighted by atomic mass is 32.2. The third-order valence-corrected chi connectivity index (χ3v) is 6.28. The standard InChI is InChI=1S/C23H28F3N3O4S/c1-4-27-22(31)17(2)28(14-13-18-9-6-5-7-10-18)21(30)16-29(34(3,32)33)20-12-8-11-19(15-20)23(24,25)26/h5-12,15,17H,4,13-14,16H2,1-3H3,(H,27,31). The number of alkyl halides is 3. The van der Waals surface area contributed by atoms with E-state index < -0.39 is 46.2 Å². The zero-order chi connectivity index (χ0) is 25.5. The molecule has 0 aliphatic heterocycles. The van der Waals surface area contributed by atoms with Crippen LogP contribution in [0, 0.1) is 0 Å². The molecule has 0 radical (unpaired) electrons. The van der Waals surface area contributed by atoms with E-state index in [1.165, 1.54) is 17.9 Å². The topological polar surface area (TPSA) is 86.8 Å². The summed E-state index contributed by atoms with van der Waals surface area (Å²) in [6.45, 7) is 2.94. The highest BCUT2D eigenvalue weighted by Crippen LogP contribution is 2.32. The molecule has 0 saturated carbocycles. The van der Waals surface area contributed by atoms with Crippen LogP contribution in [0.4, 0.5) is 18.9 Å². The van der Waals surface area contributed by atoms with Crippen LogP contribution in [0.3, 0.4) is 0 Å². The van der Waals surface area contributed by atoms with Crippen LogP contribution in [-0.2, 0) is 32.2 Å². The summed E-state index contributed by atoms with van der Waals surface area (Å²) in [5.74, 6) is -1.13. The van der Waals surface area contributed by atoms with Crippen molar-refractivity contribution < 1.29 is 31.2 Å². The number of amides is 2. The summed E-state index contributed by atoms with van der Waals surface area (Å²) in [6, 6.07) is 12.0. The number of carbonyl (C=O) groups excluding carboxylic acids is 2. The largest absolute Gasteiger partial charge is 0.416 e. The van der Waals surface area contributed by atoms with Crippen LogP contribution in [-0.4, -0.2) is 57.1 Å². The van der Waals surface area contributed by atoms with E-state index in [1.54, 1.807) is 6.92 Å². The summed E-state index contributed by atoms with van der Waals surface area (Å²) < 4.78 is 65.0. The molecule has 0 aromatic heterocycles. The van der Waals surface area contributed by atoms with Gasteiger partial charge in [-0.25, -0.2) is 8.42 Å². The fraction of sp³-hybridized carbons (Fsp3) is 0.391. The second kappa shape index (κ2) is 11.4. The summed E-state index contributed by atoms with van der Waals surface area (Å²) >= 11 is 0. The van der Waals surface area contributed by atoms with Gasteiger partial charge in [0.05, 0.1) is 17.5 Å². The lowest BCUT2D eigenvalue weighted by Gasteiger charge is -2.31. The summed E-state index contributed by atoms with van der Waals surface area (Å²) in [6.07, 6.45) is -3.47. The van der Waals surface area contributed by atoms with E-state index in [9.17, 15) is 31.2 Å². The van der Waals surface area contributed by atoms with Crippen molar-refractivity contribution in [3.63, 3.8) is 0 Å². The van der Waals surface area contributed by atoms with Gasteiger partial charge < -0.3 is 10.2 Å². The van der Waals surface area contributed by atoms with Crippen molar-refractivity contribution in [2.24, 2.45) is 0 Å². The monoisotopic (exact) mass is 499 g/mol. The second-order valence-corrected chi connectivity index (χ2v) is 9.62. The minimum Gasteiger partial charge on any atom is -0.355 e. The van der Waals surface area contributed by atoms with Crippen molar-refractivity contribution in [1.29, 1.82) is 0 Å². The fourth-order valence-corrected chi connectivity index (χ4v) is 4.18. The van der Waals surface area contributed by atoms with Gasteiger partial charge in [-0.15, -0.1) is 0 Å². The fourth-order valence-electron chi connectivity index (χ4n) is 3.34. The molecule has 2 aromatic carbocycles. The summed E-state index contributed by atoms with van der Waals surface area (Å²) in [7, 11) is -4.11. The lowest BCUT2D eigenvalue weighted by atomic mass is 10.1. The van der Waals surface area contributed by atoms with Crippen molar-refractivity contribution in [2.45, 2.75) is 32.5 Å². The zero-order valence-corrected chi connectivity index (χ0v) is 20.0. The SMILES string of the molecule is CCNC(=O)C(C)N(CCc1ccccc1)C(=O)CN(c1cccc(C(F)(F)F)c1)S(C)(=O)=O. The lowest BCUT2D eigenvalue weighted by molar-refractivity contribution is -0.138. The first-order valence-corrected chi connectivity index (χ1v) is 12.5. The van der Waals surface area contributed by atoms with Crippen LogP contribution in [0.2, 0.25) is 0 Å². The number of anilines is 1. The quantitative estimate of drug-likeness (QED) is 0.545. The molecule has 11 heteroatoms. The Morgan fingerprint density at radius 1 is 1.06 bits per heavy atom. The van der Waals surface area contributed by atoms with Crippen molar-refractivity contribution >= 4 is 27.5 Å². The molecule has 0 heterocycles. The number of hydrogen-bond donors (Lipinski definition) is 1. The maximum absolute atomic E-state index is 13.2. The van der Waals surface area contributed by atoms with Crippen molar-refractivity contribution in [3.05, 3.63) is 65.7 Å². The summed E-state index contributed by atoms with van der Waals surface area (Å²) in [5, 5.41) is 2.63. The first kappa shape index (κ1) is 27.2. The Morgan fingerprint density at radius 2 is 1.71 bits per heavy atom. The Balaban J connectivity index is 2.36. The predicted molar refractivity (Wildman–Crippen MR) is 124 cm³/mol. The molecule has 0 aliphatic rings. The average Bonchev–Trinajstić information content (AvgIpc) is 2.77. The Labute approximate surface area is 197 Å². The molecular formula is C23H28F3N3O4S. The lowest BCUT2D eigenvalue weighted by Crippen LogP contribution is -2.52. The van der Waals surface area contributed by atoms with Gasteiger partial charge in [-0.2, -0.15) is 13.2 Å². The third-order valence-electron chi connectivity index (χ3n) is 5.14. The number of halogens is 3. The zero-order valence-electron chi connectivity index (χ0n) is 19.2. The number of hydrogen-bond acceptors (Lipinski definition) is 4.